The van der Waals surface area contributed by atoms with E-state index in [1.54, 1.807) is 54.6 Å². The molecule has 0 spiro atoms. The SMILES string of the molecule is N#Cc1ccc(C(=O)N2CC[C@H]3NC(=O)N(c4ccccc4)C(=O)[C@@H]32)cc1. The maximum Gasteiger partial charge on any atom is 0.329 e. The Balaban J connectivity index is 1.63. The molecule has 2 aliphatic rings. The highest BCUT2D eigenvalue weighted by Crippen LogP contribution is 2.28. The fourth-order valence-electron chi connectivity index (χ4n) is 3.61. The van der Waals surface area contributed by atoms with Crippen molar-refractivity contribution in [2.45, 2.75) is 18.5 Å². The van der Waals surface area contributed by atoms with E-state index in [1.807, 2.05) is 6.07 Å². The van der Waals surface area contributed by atoms with Crippen LogP contribution < -0.4 is 10.2 Å². The van der Waals surface area contributed by atoms with Gasteiger partial charge in [0, 0.05) is 12.1 Å². The molecular formula is C20H16N4O3. The zero-order valence-electron chi connectivity index (χ0n) is 14.3. The second-order valence-electron chi connectivity index (χ2n) is 6.49. The van der Waals surface area contributed by atoms with Gasteiger partial charge in [-0.15, -0.1) is 0 Å². The average Bonchev–Trinajstić information content (AvgIpc) is 3.12. The molecule has 0 bridgehead atoms. The van der Waals surface area contributed by atoms with E-state index in [-0.39, 0.29) is 5.91 Å². The topological polar surface area (TPSA) is 93.5 Å². The highest BCUT2D eigenvalue weighted by Gasteiger charge is 2.49. The Bertz CT molecular complexity index is 949. The van der Waals surface area contributed by atoms with Crippen LogP contribution in [-0.4, -0.2) is 41.4 Å². The zero-order chi connectivity index (χ0) is 19.0. The number of para-hydroxylation sites is 1. The van der Waals surface area contributed by atoms with Crippen LogP contribution in [-0.2, 0) is 4.79 Å². The van der Waals surface area contributed by atoms with Crippen molar-refractivity contribution in [1.82, 2.24) is 10.2 Å². The molecule has 1 N–H and O–H groups in total. The summed E-state index contributed by atoms with van der Waals surface area (Å²) < 4.78 is 0. The minimum absolute atomic E-state index is 0.287. The van der Waals surface area contributed by atoms with E-state index in [4.69, 9.17) is 5.26 Å². The van der Waals surface area contributed by atoms with Gasteiger partial charge in [0.1, 0.15) is 6.04 Å². The lowest BCUT2D eigenvalue weighted by atomic mass is 10.0. The van der Waals surface area contributed by atoms with E-state index in [2.05, 4.69) is 5.32 Å². The number of urea groups is 1. The quantitative estimate of drug-likeness (QED) is 0.885. The predicted molar refractivity (Wildman–Crippen MR) is 96.8 cm³/mol. The third kappa shape index (κ3) is 2.81. The summed E-state index contributed by atoms with van der Waals surface area (Å²) in [5.41, 5.74) is 1.34. The Morgan fingerprint density at radius 1 is 1.07 bits per heavy atom. The van der Waals surface area contributed by atoms with Gasteiger partial charge in [-0.1, -0.05) is 18.2 Å². The van der Waals surface area contributed by atoms with E-state index in [1.165, 1.54) is 4.90 Å². The Morgan fingerprint density at radius 3 is 2.44 bits per heavy atom. The van der Waals surface area contributed by atoms with Crippen molar-refractivity contribution >= 4 is 23.5 Å². The number of anilines is 1. The van der Waals surface area contributed by atoms with Gasteiger partial charge in [-0.05, 0) is 42.8 Å². The van der Waals surface area contributed by atoms with Crippen LogP contribution in [0.4, 0.5) is 10.5 Å². The average molecular weight is 360 g/mol. The van der Waals surface area contributed by atoms with E-state index < -0.39 is 24.0 Å². The molecule has 7 heteroatoms. The van der Waals surface area contributed by atoms with E-state index >= 15 is 0 Å². The van der Waals surface area contributed by atoms with Crippen LogP contribution in [0.3, 0.4) is 0 Å². The molecular weight excluding hydrogens is 344 g/mol. The molecule has 2 fully saturated rings. The number of carbonyl (C=O) groups excluding carboxylic acids is 3. The number of likely N-dealkylation sites (tertiary alicyclic amines) is 1. The minimum atomic E-state index is -0.744. The second kappa shape index (κ2) is 6.57. The predicted octanol–water partition coefficient (Wildman–Crippen LogP) is 1.90. The second-order valence-corrected chi connectivity index (χ2v) is 6.49. The number of fused-ring (bicyclic) bond motifs is 1. The highest BCUT2D eigenvalue weighted by atomic mass is 16.2. The van der Waals surface area contributed by atoms with Crippen molar-refractivity contribution in [1.29, 1.82) is 5.26 Å². The molecule has 27 heavy (non-hydrogen) atoms. The Kier molecular flexibility index (Phi) is 4.09. The van der Waals surface area contributed by atoms with Gasteiger partial charge in [-0.3, -0.25) is 9.59 Å². The summed E-state index contributed by atoms with van der Waals surface area (Å²) in [7, 11) is 0. The van der Waals surface area contributed by atoms with Gasteiger partial charge < -0.3 is 10.2 Å². The summed E-state index contributed by atoms with van der Waals surface area (Å²) >= 11 is 0. The maximum atomic E-state index is 13.1. The Hall–Kier alpha value is -3.66. The standard InChI is InChI=1S/C20H16N4O3/c21-12-13-6-8-14(9-7-13)18(25)23-11-10-16-17(23)19(26)24(20(27)22-16)15-4-2-1-3-5-15/h1-9,16-17H,10-11H2,(H,22,27)/t16-,17-/m1/s1. The molecule has 4 amide bonds. The first kappa shape index (κ1) is 16.8. The number of nitrogens with zero attached hydrogens (tertiary/aromatic N) is 3. The number of amides is 4. The maximum absolute atomic E-state index is 13.1. The number of nitriles is 1. The fourth-order valence-corrected chi connectivity index (χ4v) is 3.61. The van der Waals surface area contributed by atoms with Crippen LogP contribution in [0.5, 0.6) is 0 Å². The number of nitrogens with one attached hydrogen (secondary N) is 1. The molecule has 2 aromatic carbocycles. The molecule has 0 aromatic heterocycles. The van der Waals surface area contributed by atoms with Crippen molar-refractivity contribution in [3.63, 3.8) is 0 Å². The fraction of sp³-hybridized carbons (Fsp3) is 0.200. The van der Waals surface area contributed by atoms with Crippen LogP contribution in [0.2, 0.25) is 0 Å². The van der Waals surface area contributed by atoms with Crippen molar-refractivity contribution < 1.29 is 14.4 Å². The van der Waals surface area contributed by atoms with Crippen molar-refractivity contribution in [2.75, 3.05) is 11.4 Å². The summed E-state index contributed by atoms with van der Waals surface area (Å²) in [6, 6.07) is 15.4. The number of hydrogen-bond acceptors (Lipinski definition) is 4. The van der Waals surface area contributed by atoms with Crippen molar-refractivity contribution in [3.05, 3.63) is 65.7 Å². The summed E-state index contributed by atoms with van der Waals surface area (Å²) in [6.45, 7) is 0.378. The minimum Gasteiger partial charge on any atom is -0.332 e. The molecule has 134 valence electrons. The first-order chi connectivity index (χ1) is 13.1. The normalized spacial score (nSPS) is 21.4. The van der Waals surface area contributed by atoms with E-state index in [0.717, 1.165) is 4.90 Å². The van der Waals surface area contributed by atoms with Crippen LogP contribution in [0.15, 0.2) is 54.6 Å². The summed E-state index contributed by atoms with van der Waals surface area (Å²) in [6.07, 6.45) is 0.521. The van der Waals surface area contributed by atoms with Crippen molar-refractivity contribution in [3.8, 4) is 6.07 Å². The smallest absolute Gasteiger partial charge is 0.329 e. The summed E-state index contributed by atoms with van der Waals surface area (Å²) in [5.74, 6) is -0.695. The molecule has 2 aliphatic heterocycles. The molecule has 4 rings (SSSR count). The van der Waals surface area contributed by atoms with Gasteiger partial charge in [-0.25, -0.2) is 9.69 Å². The van der Waals surface area contributed by atoms with Gasteiger partial charge in [0.05, 0.1) is 23.4 Å². The van der Waals surface area contributed by atoms with Crippen LogP contribution in [0.1, 0.15) is 22.3 Å². The molecule has 2 saturated heterocycles. The van der Waals surface area contributed by atoms with Gasteiger partial charge >= 0.3 is 6.03 Å². The van der Waals surface area contributed by atoms with Crippen LogP contribution in [0.25, 0.3) is 0 Å². The third-order valence-electron chi connectivity index (χ3n) is 4.92. The van der Waals surface area contributed by atoms with Crippen LogP contribution >= 0.6 is 0 Å². The number of imide groups is 1. The van der Waals surface area contributed by atoms with Gasteiger partial charge in [0.15, 0.2) is 0 Å². The summed E-state index contributed by atoms with van der Waals surface area (Å²) in [4.78, 5) is 41.0. The molecule has 7 nitrogen and oxygen atoms in total. The lowest BCUT2D eigenvalue weighted by Gasteiger charge is -2.36. The molecule has 2 atom stereocenters. The van der Waals surface area contributed by atoms with Gasteiger partial charge in [0.25, 0.3) is 11.8 Å². The molecule has 0 radical (unpaired) electrons. The first-order valence-corrected chi connectivity index (χ1v) is 8.61. The summed E-state index contributed by atoms with van der Waals surface area (Å²) in [5, 5.41) is 11.7. The monoisotopic (exact) mass is 360 g/mol. The van der Waals surface area contributed by atoms with Crippen molar-refractivity contribution in [2.24, 2.45) is 0 Å². The Labute approximate surface area is 155 Å². The van der Waals surface area contributed by atoms with Gasteiger partial charge in [0.2, 0.25) is 0 Å². The molecule has 2 heterocycles. The number of benzene rings is 2. The first-order valence-electron chi connectivity index (χ1n) is 8.61. The van der Waals surface area contributed by atoms with Gasteiger partial charge in [-0.2, -0.15) is 5.26 Å². The van der Waals surface area contributed by atoms with Crippen LogP contribution in [0, 0.1) is 11.3 Å². The molecule has 0 saturated carbocycles. The molecule has 2 aromatic rings. The largest absolute Gasteiger partial charge is 0.332 e. The highest BCUT2D eigenvalue weighted by molar-refractivity contribution is 6.19. The third-order valence-corrected chi connectivity index (χ3v) is 4.92. The van der Waals surface area contributed by atoms with E-state index in [9.17, 15) is 14.4 Å². The zero-order valence-corrected chi connectivity index (χ0v) is 14.3. The lowest BCUT2D eigenvalue weighted by molar-refractivity contribution is -0.122. The number of hydrogen-bond donors (Lipinski definition) is 1. The molecule has 0 unspecified atom stereocenters. The number of rotatable bonds is 2. The van der Waals surface area contributed by atoms with E-state index in [0.29, 0.717) is 29.8 Å². The lowest BCUT2D eigenvalue weighted by Crippen LogP contribution is -2.65. The molecule has 0 aliphatic carbocycles. The number of carbonyl (C=O) groups is 3. The Morgan fingerprint density at radius 2 is 1.78 bits per heavy atom.